The van der Waals surface area contributed by atoms with Crippen molar-refractivity contribution >= 4 is 17.5 Å². The van der Waals surface area contributed by atoms with Gasteiger partial charge in [-0.1, -0.05) is 12.1 Å². The Morgan fingerprint density at radius 1 is 0.879 bits per heavy atom. The maximum Gasteiger partial charge on any atom is 0.238 e. The summed E-state index contributed by atoms with van der Waals surface area (Å²) < 4.78 is 15.7. The highest BCUT2D eigenvalue weighted by atomic mass is 16.5. The second kappa shape index (κ2) is 12.1. The zero-order valence-electron chi connectivity index (χ0n) is 19.6. The van der Waals surface area contributed by atoms with Crippen molar-refractivity contribution in [2.24, 2.45) is 0 Å². The Hall–Kier alpha value is -3.26. The molecule has 1 heterocycles. The second-order valence-corrected chi connectivity index (χ2v) is 7.97. The number of hydrogen-bond acceptors (Lipinski definition) is 6. The van der Waals surface area contributed by atoms with Crippen LogP contribution in [-0.4, -0.2) is 75.7 Å². The van der Waals surface area contributed by atoms with E-state index in [1.807, 2.05) is 29.2 Å². The van der Waals surface area contributed by atoms with Crippen molar-refractivity contribution in [3.05, 3.63) is 48.0 Å². The lowest BCUT2D eigenvalue weighted by Gasteiger charge is -2.22. The van der Waals surface area contributed by atoms with Crippen molar-refractivity contribution < 1.29 is 23.8 Å². The number of carbonyl (C=O) groups is 2. The molecule has 0 bridgehead atoms. The van der Waals surface area contributed by atoms with Crippen LogP contribution >= 0.6 is 0 Å². The molecule has 1 saturated heterocycles. The first-order valence-corrected chi connectivity index (χ1v) is 11.2. The van der Waals surface area contributed by atoms with Crippen molar-refractivity contribution in [1.82, 2.24) is 9.80 Å². The monoisotopic (exact) mass is 455 g/mol. The number of nitrogens with zero attached hydrogens (tertiary/aromatic N) is 2. The summed E-state index contributed by atoms with van der Waals surface area (Å²) in [4.78, 5) is 29.4. The molecule has 2 aromatic rings. The highest BCUT2D eigenvalue weighted by molar-refractivity contribution is 5.94. The van der Waals surface area contributed by atoms with Gasteiger partial charge in [0.05, 0.1) is 33.6 Å². The second-order valence-electron chi connectivity index (χ2n) is 7.97. The molecule has 1 aliphatic rings. The summed E-state index contributed by atoms with van der Waals surface area (Å²) in [6.45, 7) is 3.02. The van der Waals surface area contributed by atoms with Crippen LogP contribution in [-0.2, 0) is 16.0 Å². The topological polar surface area (TPSA) is 80.3 Å². The lowest BCUT2D eigenvalue weighted by atomic mass is 10.1. The first-order chi connectivity index (χ1) is 16.0. The fourth-order valence-electron chi connectivity index (χ4n) is 3.88. The fraction of sp³-hybridized carbons (Fsp3) is 0.440. The van der Waals surface area contributed by atoms with Crippen molar-refractivity contribution in [2.45, 2.75) is 19.3 Å². The van der Waals surface area contributed by atoms with Gasteiger partial charge in [-0.25, -0.2) is 0 Å². The molecule has 8 heteroatoms. The number of rotatable bonds is 9. The summed E-state index contributed by atoms with van der Waals surface area (Å²) in [6.07, 6.45) is 2.01. The van der Waals surface area contributed by atoms with Gasteiger partial charge in [-0.3, -0.25) is 14.5 Å². The Balaban J connectivity index is 1.47. The van der Waals surface area contributed by atoms with E-state index in [4.69, 9.17) is 14.2 Å². The standard InChI is InChI=1S/C25H33N3O5/c1-31-20-8-5-19(6-9-20)7-12-25(30)28-14-4-13-27(15-16-28)18-24(29)26-22-17-21(32-2)10-11-23(22)33-3/h5-6,8-11,17H,4,7,12-16,18H2,1-3H3,(H,26,29). The van der Waals surface area contributed by atoms with E-state index in [1.165, 1.54) is 0 Å². The molecular formula is C25H33N3O5. The van der Waals surface area contributed by atoms with E-state index >= 15 is 0 Å². The Bertz CT molecular complexity index is 932. The van der Waals surface area contributed by atoms with Gasteiger partial charge >= 0.3 is 0 Å². The van der Waals surface area contributed by atoms with Crippen LogP contribution in [0.1, 0.15) is 18.4 Å². The summed E-state index contributed by atoms with van der Waals surface area (Å²) >= 11 is 0. The van der Waals surface area contributed by atoms with E-state index in [0.29, 0.717) is 49.7 Å². The zero-order valence-corrected chi connectivity index (χ0v) is 19.6. The largest absolute Gasteiger partial charge is 0.497 e. The SMILES string of the molecule is COc1ccc(CCC(=O)N2CCCN(CC(=O)Nc3cc(OC)ccc3OC)CC2)cc1. The molecule has 33 heavy (non-hydrogen) atoms. The van der Waals surface area contributed by atoms with E-state index < -0.39 is 0 Å². The Labute approximate surface area is 195 Å². The first-order valence-electron chi connectivity index (χ1n) is 11.2. The van der Waals surface area contributed by atoms with E-state index in [9.17, 15) is 9.59 Å². The number of hydrogen-bond donors (Lipinski definition) is 1. The molecule has 1 aliphatic heterocycles. The van der Waals surface area contributed by atoms with Crippen LogP contribution in [0.3, 0.4) is 0 Å². The minimum atomic E-state index is -0.124. The van der Waals surface area contributed by atoms with Crippen LogP contribution < -0.4 is 19.5 Å². The Kier molecular flexibility index (Phi) is 8.95. The minimum absolute atomic E-state index is 0.124. The van der Waals surface area contributed by atoms with E-state index in [2.05, 4.69) is 10.2 Å². The van der Waals surface area contributed by atoms with Crippen LogP contribution in [0.25, 0.3) is 0 Å². The van der Waals surface area contributed by atoms with Crippen molar-refractivity contribution in [2.75, 3.05) is 59.4 Å². The Morgan fingerprint density at radius 3 is 2.30 bits per heavy atom. The number of ether oxygens (including phenoxy) is 3. The van der Waals surface area contributed by atoms with Crippen molar-refractivity contribution in [3.8, 4) is 17.2 Å². The predicted octanol–water partition coefficient (Wildman–Crippen LogP) is 2.82. The lowest BCUT2D eigenvalue weighted by molar-refractivity contribution is -0.131. The number of amides is 2. The molecule has 0 aromatic heterocycles. The lowest BCUT2D eigenvalue weighted by Crippen LogP contribution is -2.38. The van der Waals surface area contributed by atoms with Crippen LogP contribution in [0.15, 0.2) is 42.5 Å². The maximum atomic E-state index is 12.7. The van der Waals surface area contributed by atoms with E-state index in [0.717, 1.165) is 24.3 Å². The van der Waals surface area contributed by atoms with Gasteiger partial charge in [-0.05, 0) is 42.7 Å². The molecular weight excluding hydrogens is 422 g/mol. The molecule has 0 aliphatic carbocycles. The number of aryl methyl sites for hydroxylation is 1. The van der Waals surface area contributed by atoms with Crippen LogP contribution in [0.5, 0.6) is 17.2 Å². The number of benzene rings is 2. The summed E-state index contributed by atoms with van der Waals surface area (Å²) in [5, 5.41) is 2.91. The van der Waals surface area contributed by atoms with Crippen molar-refractivity contribution in [3.63, 3.8) is 0 Å². The average molecular weight is 456 g/mol. The maximum absolute atomic E-state index is 12.7. The molecule has 0 unspecified atom stereocenters. The van der Waals surface area contributed by atoms with Gasteiger partial charge in [0.15, 0.2) is 0 Å². The summed E-state index contributed by atoms with van der Waals surface area (Å²) in [6, 6.07) is 13.1. The van der Waals surface area contributed by atoms with Gasteiger partial charge in [-0.15, -0.1) is 0 Å². The molecule has 178 valence electrons. The fourth-order valence-corrected chi connectivity index (χ4v) is 3.88. The van der Waals surface area contributed by atoms with Gasteiger partial charge in [-0.2, -0.15) is 0 Å². The third-order valence-corrected chi connectivity index (χ3v) is 5.78. The highest BCUT2D eigenvalue weighted by Gasteiger charge is 2.21. The van der Waals surface area contributed by atoms with Gasteiger partial charge < -0.3 is 24.4 Å². The number of anilines is 1. The summed E-state index contributed by atoms with van der Waals surface area (Å²) in [5.74, 6) is 2.06. The number of nitrogens with one attached hydrogen (secondary N) is 1. The first kappa shape index (κ1) is 24.4. The molecule has 1 N–H and O–H groups in total. The molecule has 0 saturated carbocycles. The third kappa shape index (κ3) is 7.12. The van der Waals surface area contributed by atoms with E-state index in [-0.39, 0.29) is 18.4 Å². The summed E-state index contributed by atoms with van der Waals surface area (Å²) in [5.41, 5.74) is 1.69. The zero-order chi connectivity index (χ0) is 23.6. The molecule has 2 amide bonds. The quantitative estimate of drug-likeness (QED) is 0.626. The molecule has 0 atom stereocenters. The Morgan fingerprint density at radius 2 is 1.61 bits per heavy atom. The van der Waals surface area contributed by atoms with Crippen LogP contribution in [0, 0.1) is 0 Å². The average Bonchev–Trinajstić information content (AvgIpc) is 3.08. The molecule has 2 aromatic carbocycles. The van der Waals surface area contributed by atoms with Crippen LogP contribution in [0.2, 0.25) is 0 Å². The van der Waals surface area contributed by atoms with Crippen LogP contribution in [0.4, 0.5) is 5.69 Å². The molecule has 0 radical (unpaired) electrons. The molecule has 8 nitrogen and oxygen atoms in total. The predicted molar refractivity (Wildman–Crippen MR) is 127 cm³/mol. The molecule has 3 rings (SSSR count). The summed E-state index contributed by atoms with van der Waals surface area (Å²) in [7, 11) is 4.78. The van der Waals surface area contributed by atoms with Gasteiger partial charge in [0.1, 0.15) is 17.2 Å². The highest BCUT2D eigenvalue weighted by Crippen LogP contribution is 2.28. The van der Waals surface area contributed by atoms with Crippen molar-refractivity contribution in [1.29, 1.82) is 0 Å². The number of methoxy groups -OCH3 is 3. The van der Waals surface area contributed by atoms with E-state index in [1.54, 1.807) is 39.5 Å². The van der Waals surface area contributed by atoms with Gasteiger partial charge in [0.2, 0.25) is 11.8 Å². The molecule has 1 fully saturated rings. The normalized spacial score (nSPS) is 14.3. The van der Waals surface area contributed by atoms with Gasteiger partial charge in [0.25, 0.3) is 0 Å². The minimum Gasteiger partial charge on any atom is -0.497 e. The van der Waals surface area contributed by atoms with Gasteiger partial charge in [0, 0.05) is 38.7 Å². The third-order valence-electron chi connectivity index (χ3n) is 5.78. The number of carbonyl (C=O) groups excluding carboxylic acids is 2. The molecule has 0 spiro atoms. The smallest absolute Gasteiger partial charge is 0.238 e.